The molecule has 0 saturated carbocycles. The Morgan fingerprint density at radius 2 is 1.92 bits per heavy atom. The molecule has 1 aromatic heterocycles. The maximum Gasteiger partial charge on any atom is 0.340 e. The topological polar surface area (TPSA) is 68.3 Å². The van der Waals surface area contributed by atoms with Gasteiger partial charge >= 0.3 is 5.97 Å². The van der Waals surface area contributed by atoms with Crippen LogP contribution in [0, 0.1) is 0 Å². The number of nitrogens with one attached hydrogen (secondary N) is 1. The standard InChI is InChI=1S/C18H19BrN2O3/c1-12(14-6-4-3-5-7-14)9-21-17(22)13(2)24-18(23)15-8-16(19)11-20-10-15/h3-8,10-13H,9H2,1-2H3,(H,21,22)/t12-,13-/m0/s1. The van der Waals surface area contributed by atoms with Crippen molar-refractivity contribution >= 4 is 27.8 Å². The summed E-state index contributed by atoms with van der Waals surface area (Å²) in [6, 6.07) is 11.5. The molecule has 1 heterocycles. The fourth-order valence-corrected chi connectivity index (χ4v) is 2.47. The summed E-state index contributed by atoms with van der Waals surface area (Å²) in [5.41, 5.74) is 1.43. The first-order valence-electron chi connectivity index (χ1n) is 7.61. The van der Waals surface area contributed by atoms with Crippen molar-refractivity contribution in [3.63, 3.8) is 0 Å². The number of carbonyl (C=O) groups excluding carboxylic acids is 2. The van der Waals surface area contributed by atoms with Gasteiger partial charge in [-0.1, -0.05) is 37.3 Å². The Balaban J connectivity index is 1.85. The molecule has 0 bridgehead atoms. The number of hydrogen-bond donors (Lipinski definition) is 1. The number of ether oxygens (including phenoxy) is 1. The van der Waals surface area contributed by atoms with E-state index in [1.54, 1.807) is 19.2 Å². The molecule has 24 heavy (non-hydrogen) atoms. The Morgan fingerprint density at radius 3 is 2.58 bits per heavy atom. The molecular formula is C18H19BrN2O3. The van der Waals surface area contributed by atoms with Crippen molar-refractivity contribution in [3.8, 4) is 0 Å². The summed E-state index contributed by atoms with van der Waals surface area (Å²) >= 11 is 3.24. The lowest BCUT2D eigenvalue weighted by Gasteiger charge is -2.16. The van der Waals surface area contributed by atoms with Gasteiger partial charge in [0.2, 0.25) is 0 Å². The van der Waals surface area contributed by atoms with Crippen LogP contribution >= 0.6 is 15.9 Å². The molecule has 0 aliphatic carbocycles. The number of carbonyl (C=O) groups is 2. The van der Waals surface area contributed by atoms with E-state index >= 15 is 0 Å². The number of halogens is 1. The molecule has 126 valence electrons. The predicted molar refractivity (Wildman–Crippen MR) is 94.7 cm³/mol. The minimum atomic E-state index is -0.876. The molecular weight excluding hydrogens is 372 g/mol. The molecule has 6 heteroatoms. The SMILES string of the molecule is C[C@H](OC(=O)c1cncc(Br)c1)C(=O)NC[C@H](C)c1ccccc1. The van der Waals surface area contributed by atoms with Gasteiger partial charge in [0.25, 0.3) is 5.91 Å². The van der Waals surface area contributed by atoms with Crippen molar-refractivity contribution in [1.29, 1.82) is 0 Å². The molecule has 1 aromatic carbocycles. The Kier molecular flexibility index (Phi) is 6.49. The minimum Gasteiger partial charge on any atom is -0.449 e. The van der Waals surface area contributed by atoms with E-state index in [1.807, 2.05) is 37.3 Å². The number of amides is 1. The monoisotopic (exact) mass is 390 g/mol. The zero-order valence-corrected chi connectivity index (χ0v) is 15.1. The van der Waals surface area contributed by atoms with Crippen molar-refractivity contribution in [2.24, 2.45) is 0 Å². The van der Waals surface area contributed by atoms with Gasteiger partial charge in [0.15, 0.2) is 6.10 Å². The molecule has 0 unspecified atom stereocenters. The van der Waals surface area contributed by atoms with Gasteiger partial charge in [0.05, 0.1) is 5.56 Å². The largest absolute Gasteiger partial charge is 0.449 e. The van der Waals surface area contributed by atoms with Crippen molar-refractivity contribution in [2.45, 2.75) is 25.9 Å². The van der Waals surface area contributed by atoms with E-state index in [4.69, 9.17) is 4.74 Å². The summed E-state index contributed by atoms with van der Waals surface area (Å²) in [5, 5.41) is 2.81. The average molecular weight is 391 g/mol. The van der Waals surface area contributed by atoms with Crippen LogP contribution in [0.1, 0.15) is 35.7 Å². The van der Waals surface area contributed by atoms with Gasteiger partial charge in [-0.05, 0) is 40.4 Å². The number of nitrogens with zero attached hydrogens (tertiary/aromatic N) is 1. The van der Waals surface area contributed by atoms with E-state index in [0.29, 0.717) is 16.6 Å². The number of hydrogen-bond acceptors (Lipinski definition) is 4. The van der Waals surface area contributed by atoms with Crippen LogP contribution in [0.2, 0.25) is 0 Å². The lowest BCUT2D eigenvalue weighted by Crippen LogP contribution is -2.37. The Hall–Kier alpha value is -2.21. The molecule has 1 amide bonds. The quantitative estimate of drug-likeness (QED) is 0.768. The molecule has 0 saturated heterocycles. The van der Waals surface area contributed by atoms with Crippen molar-refractivity contribution in [3.05, 3.63) is 64.4 Å². The third-order valence-electron chi connectivity index (χ3n) is 3.54. The van der Waals surface area contributed by atoms with Gasteiger partial charge in [-0.15, -0.1) is 0 Å². The molecule has 0 aliphatic heterocycles. The number of pyridine rings is 1. The molecule has 0 fully saturated rings. The van der Waals surface area contributed by atoms with Crippen LogP contribution in [0.15, 0.2) is 53.3 Å². The predicted octanol–water partition coefficient (Wildman–Crippen LogP) is 3.31. The average Bonchev–Trinajstić information content (AvgIpc) is 2.60. The molecule has 5 nitrogen and oxygen atoms in total. The number of aromatic nitrogens is 1. The Morgan fingerprint density at radius 1 is 1.21 bits per heavy atom. The molecule has 0 spiro atoms. The van der Waals surface area contributed by atoms with Crippen LogP contribution in [0.5, 0.6) is 0 Å². The fraction of sp³-hybridized carbons (Fsp3) is 0.278. The van der Waals surface area contributed by atoms with Crippen molar-refractivity contribution < 1.29 is 14.3 Å². The van der Waals surface area contributed by atoms with Gasteiger partial charge in [-0.25, -0.2) is 4.79 Å². The highest BCUT2D eigenvalue weighted by atomic mass is 79.9. The molecule has 1 N–H and O–H groups in total. The lowest BCUT2D eigenvalue weighted by molar-refractivity contribution is -0.129. The van der Waals surface area contributed by atoms with E-state index < -0.39 is 12.1 Å². The van der Waals surface area contributed by atoms with Crippen LogP contribution in [0.25, 0.3) is 0 Å². The Labute approximate surface area is 149 Å². The van der Waals surface area contributed by atoms with Gasteiger partial charge < -0.3 is 10.1 Å². The zero-order valence-electron chi connectivity index (χ0n) is 13.5. The summed E-state index contributed by atoms with van der Waals surface area (Å²) in [7, 11) is 0. The lowest BCUT2D eigenvalue weighted by atomic mass is 10.0. The molecule has 2 rings (SSSR count). The third kappa shape index (κ3) is 5.16. The van der Waals surface area contributed by atoms with Crippen molar-refractivity contribution in [1.82, 2.24) is 10.3 Å². The van der Waals surface area contributed by atoms with Gasteiger partial charge in [0.1, 0.15) is 0 Å². The molecule has 0 aliphatic rings. The van der Waals surface area contributed by atoms with E-state index in [2.05, 4.69) is 26.2 Å². The molecule has 2 aromatic rings. The maximum absolute atomic E-state index is 12.1. The summed E-state index contributed by atoms with van der Waals surface area (Å²) < 4.78 is 5.85. The van der Waals surface area contributed by atoms with Crippen LogP contribution in [-0.4, -0.2) is 29.5 Å². The fourth-order valence-electron chi connectivity index (χ4n) is 2.10. The Bertz CT molecular complexity index is 706. The zero-order chi connectivity index (χ0) is 17.5. The van der Waals surface area contributed by atoms with Crippen LogP contribution < -0.4 is 5.32 Å². The van der Waals surface area contributed by atoms with Crippen LogP contribution in [0.3, 0.4) is 0 Å². The smallest absolute Gasteiger partial charge is 0.340 e. The number of benzene rings is 1. The van der Waals surface area contributed by atoms with E-state index in [-0.39, 0.29) is 11.8 Å². The highest BCUT2D eigenvalue weighted by molar-refractivity contribution is 9.10. The minimum absolute atomic E-state index is 0.173. The number of rotatable bonds is 6. The maximum atomic E-state index is 12.1. The van der Waals surface area contributed by atoms with E-state index in [9.17, 15) is 9.59 Å². The van der Waals surface area contributed by atoms with E-state index in [1.165, 1.54) is 6.20 Å². The molecule has 0 radical (unpaired) electrons. The second kappa shape index (κ2) is 8.59. The highest BCUT2D eigenvalue weighted by Gasteiger charge is 2.19. The highest BCUT2D eigenvalue weighted by Crippen LogP contribution is 2.14. The summed E-state index contributed by atoms with van der Waals surface area (Å²) in [5.74, 6) is -0.732. The summed E-state index contributed by atoms with van der Waals surface area (Å²) in [6.45, 7) is 4.05. The second-order valence-electron chi connectivity index (χ2n) is 5.50. The van der Waals surface area contributed by atoms with E-state index in [0.717, 1.165) is 5.56 Å². The summed E-state index contributed by atoms with van der Waals surface area (Å²) in [6.07, 6.45) is 2.09. The van der Waals surface area contributed by atoms with Crippen LogP contribution in [0.4, 0.5) is 0 Å². The first kappa shape index (κ1) is 18.1. The van der Waals surface area contributed by atoms with Gasteiger partial charge in [-0.2, -0.15) is 0 Å². The normalized spacial score (nSPS) is 13.0. The van der Waals surface area contributed by atoms with Crippen molar-refractivity contribution in [2.75, 3.05) is 6.54 Å². The first-order valence-corrected chi connectivity index (χ1v) is 8.41. The van der Waals surface area contributed by atoms with Crippen LogP contribution in [-0.2, 0) is 9.53 Å². The number of esters is 1. The van der Waals surface area contributed by atoms with Gasteiger partial charge in [0, 0.05) is 23.4 Å². The van der Waals surface area contributed by atoms with Gasteiger partial charge in [-0.3, -0.25) is 9.78 Å². The third-order valence-corrected chi connectivity index (χ3v) is 3.98. The molecule has 2 atom stereocenters. The first-order chi connectivity index (χ1) is 11.5. The summed E-state index contributed by atoms with van der Waals surface area (Å²) in [4.78, 5) is 28.0. The second-order valence-corrected chi connectivity index (χ2v) is 6.41.